The molecule has 4 nitrogen and oxygen atoms in total. The molecule has 192 valence electrons. The molecule has 3 rings (SSSR count). The Bertz CT molecular complexity index is 954. The van der Waals surface area contributed by atoms with Crippen LogP contribution in [0.3, 0.4) is 0 Å². The highest BCUT2D eigenvalue weighted by Crippen LogP contribution is 2.26. The quantitative estimate of drug-likeness (QED) is 0.205. The fourth-order valence-corrected chi connectivity index (χ4v) is 4.44. The summed E-state index contributed by atoms with van der Waals surface area (Å²) in [4.78, 5) is 5.00. The molecule has 4 heteroatoms. The summed E-state index contributed by atoms with van der Waals surface area (Å²) in [6.07, 6.45) is 5.58. The van der Waals surface area contributed by atoms with Crippen LogP contribution in [0.15, 0.2) is 47.5 Å². The standard InChI is InChI=1S/C31H47N3O/c1-7-23(2)30(33-22-26-16-17-32-21-26)34-29-15-14-25(19-24(29)3)11-8-9-18-35-28-13-10-12-27(20-28)31(4,5)6/h10,12-15,19-20,23,26,32H,7-9,11,16-18,21-22H2,1-6H3,(H,33,34). The van der Waals surface area contributed by atoms with Gasteiger partial charge in [0, 0.05) is 18.2 Å². The van der Waals surface area contributed by atoms with Crippen molar-refractivity contribution in [3.05, 3.63) is 59.2 Å². The largest absolute Gasteiger partial charge is 0.494 e. The first-order valence-electron chi connectivity index (χ1n) is 13.6. The monoisotopic (exact) mass is 477 g/mol. The molecule has 0 radical (unpaired) electrons. The average Bonchev–Trinajstić information content (AvgIpc) is 3.35. The highest BCUT2D eigenvalue weighted by molar-refractivity contribution is 5.97. The third-order valence-electron chi connectivity index (χ3n) is 7.14. The minimum atomic E-state index is 0.146. The third-order valence-corrected chi connectivity index (χ3v) is 7.14. The fraction of sp³-hybridized carbons (Fsp3) is 0.581. The van der Waals surface area contributed by atoms with Gasteiger partial charge >= 0.3 is 0 Å². The lowest BCUT2D eigenvalue weighted by Crippen LogP contribution is -2.23. The van der Waals surface area contributed by atoms with Crippen LogP contribution < -0.4 is 15.4 Å². The van der Waals surface area contributed by atoms with E-state index < -0.39 is 0 Å². The lowest BCUT2D eigenvalue weighted by atomic mass is 9.87. The van der Waals surface area contributed by atoms with E-state index in [9.17, 15) is 0 Å². The molecule has 1 fully saturated rings. The van der Waals surface area contributed by atoms with Crippen LogP contribution in [-0.2, 0) is 11.8 Å². The Morgan fingerprint density at radius 2 is 2.00 bits per heavy atom. The maximum absolute atomic E-state index is 6.03. The Morgan fingerprint density at radius 3 is 2.69 bits per heavy atom. The van der Waals surface area contributed by atoms with Crippen molar-refractivity contribution in [1.29, 1.82) is 0 Å². The second-order valence-electron chi connectivity index (χ2n) is 11.3. The van der Waals surface area contributed by atoms with Crippen molar-refractivity contribution in [3.8, 4) is 5.75 Å². The van der Waals surface area contributed by atoms with E-state index in [4.69, 9.17) is 9.73 Å². The number of unbranched alkanes of at least 4 members (excludes halogenated alkanes) is 1. The van der Waals surface area contributed by atoms with Crippen LogP contribution in [-0.4, -0.2) is 32.1 Å². The van der Waals surface area contributed by atoms with Crippen LogP contribution in [0.4, 0.5) is 5.69 Å². The first-order chi connectivity index (χ1) is 16.8. The van der Waals surface area contributed by atoms with Gasteiger partial charge in [-0.25, -0.2) is 0 Å². The first kappa shape index (κ1) is 27.3. The van der Waals surface area contributed by atoms with Gasteiger partial charge in [0.1, 0.15) is 11.6 Å². The van der Waals surface area contributed by atoms with Gasteiger partial charge in [-0.05, 0) is 98.3 Å². The van der Waals surface area contributed by atoms with Crippen molar-refractivity contribution in [2.24, 2.45) is 16.8 Å². The zero-order valence-corrected chi connectivity index (χ0v) is 22.9. The number of hydrogen-bond donors (Lipinski definition) is 2. The van der Waals surface area contributed by atoms with Crippen molar-refractivity contribution < 1.29 is 4.74 Å². The third kappa shape index (κ3) is 8.68. The second kappa shape index (κ2) is 13.1. The number of rotatable bonds is 11. The van der Waals surface area contributed by atoms with E-state index in [1.165, 1.54) is 28.8 Å². The Morgan fingerprint density at radius 1 is 1.17 bits per heavy atom. The van der Waals surface area contributed by atoms with E-state index in [1.54, 1.807) is 0 Å². The molecule has 1 saturated heterocycles. The molecule has 1 aliphatic heterocycles. The van der Waals surface area contributed by atoms with Gasteiger partial charge < -0.3 is 15.4 Å². The van der Waals surface area contributed by atoms with E-state index >= 15 is 0 Å². The summed E-state index contributed by atoms with van der Waals surface area (Å²) in [7, 11) is 0. The van der Waals surface area contributed by atoms with Crippen LogP contribution in [0, 0.1) is 18.8 Å². The summed E-state index contributed by atoms with van der Waals surface area (Å²) in [6, 6.07) is 15.3. The molecule has 0 saturated carbocycles. The van der Waals surface area contributed by atoms with Crippen LogP contribution >= 0.6 is 0 Å². The van der Waals surface area contributed by atoms with Crippen molar-refractivity contribution in [1.82, 2.24) is 5.32 Å². The van der Waals surface area contributed by atoms with Gasteiger partial charge in [-0.15, -0.1) is 0 Å². The Hall–Kier alpha value is -2.33. The van der Waals surface area contributed by atoms with Gasteiger partial charge in [0.2, 0.25) is 0 Å². The lowest BCUT2D eigenvalue weighted by Gasteiger charge is -2.19. The van der Waals surface area contributed by atoms with Crippen LogP contribution in [0.25, 0.3) is 0 Å². The van der Waals surface area contributed by atoms with Crippen molar-refractivity contribution >= 4 is 11.5 Å². The molecule has 1 heterocycles. The number of aryl methyl sites for hydroxylation is 2. The predicted octanol–water partition coefficient (Wildman–Crippen LogP) is 7.16. The van der Waals surface area contributed by atoms with Gasteiger partial charge in [-0.3, -0.25) is 4.99 Å². The molecule has 0 bridgehead atoms. The summed E-state index contributed by atoms with van der Waals surface area (Å²) in [5, 5.41) is 7.12. The molecule has 2 N–H and O–H groups in total. The number of nitrogens with zero attached hydrogens (tertiary/aromatic N) is 1. The topological polar surface area (TPSA) is 45.7 Å². The predicted molar refractivity (Wildman–Crippen MR) is 151 cm³/mol. The number of nitrogens with one attached hydrogen (secondary N) is 2. The molecule has 2 aromatic carbocycles. The first-order valence-corrected chi connectivity index (χ1v) is 13.6. The summed E-state index contributed by atoms with van der Waals surface area (Å²) >= 11 is 0. The summed E-state index contributed by atoms with van der Waals surface area (Å²) in [5.74, 6) is 3.22. The van der Waals surface area contributed by atoms with Crippen molar-refractivity contribution in [2.75, 3.05) is 31.6 Å². The number of anilines is 1. The Labute approximate surface area is 214 Å². The maximum Gasteiger partial charge on any atom is 0.119 e. The molecule has 0 aromatic heterocycles. The molecular weight excluding hydrogens is 430 g/mol. The summed E-state index contributed by atoms with van der Waals surface area (Å²) in [6.45, 7) is 17.3. The summed E-state index contributed by atoms with van der Waals surface area (Å²) < 4.78 is 6.03. The molecule has 2 aromatic rings. The van der Waals surface area contributed by atoms with E-state index in [0.717, 1.165) is 63.5 Å². The van der Waals surface area contributed by atoms with Gasteiger partial charge in [-0.2, -0.15) is 0 Å². The molecule has 2 atom stereocenters. The van der Waals surface area contributed by atoms with Gasteiger partial charge in [0.05, 0.1) is 6.61 Å². The van der Waals surface area contributed by atoms with Gasteiger partial charge in [0.25, 0.3) is 0 Å². The zero-order chi connectivity index (χ0) is 25.3. The van der Waals surface area contributed by atoms with Crippen LogP contribution in [0.2, 0.25) is 0 Å². The number of aliphatic imine (C=N–C) groups is 1. The van der Waals surface area contributed by atoms with E-state index in [0.29, 0.717) is 11.8 Å². The average molecular weight is 478 g/mol. The molecular formula is C31H47N3O. The van der Waals surface area contributed by atoms with E-state index in [2.05, 4.69) is 94.6 Å². The molecule has 1 aliphatic rings. The van der Waals surface area contributed by atoms with Crippen LogP contribution in [0.5, 0.6) is 5.75 Å². The summed E-state index contributed by atoms with van der Waals surface area (Å²) in [5.41, 5.74) is 5.32. The number of amidine groups is 1. The van der Waals surface area contributed by atoms with Gasteiger partial charge in [0.15, 0.2) is 0 Å². The molecule has 2 unspecified atom stereocenters. The highest BCUT2D eigenvalue weighted by atomic mass is 16.5. The second-order valence-corrected chi connectivity index (χ2v) is 11.3. The Balaban J connectivity index is 1.48. The Kier molecular flexibility index (Phi) is 10.2. The highest BCUT2D eigenvalue weighted by Gasteiger charge is 2.16. The maximum atomic E-state index is 6.03. The minimum absolute atomic E-state index is 0.146. The zero-order valence-electron chi connectivity index (χ0n) is 22.9. The van der Waals surface area contributed by atoms with Crippen LogP contribution in [0.1, 0.15) is 77.0 Å². The molecule has 0 aliphatic carbocycles. The fourth-order valence-electron chi connectivity index (χ4n) is 4.44. The molecule has 35 heavy (non-hydrogen) atoms. The van der Waals surface area contributed by atoms with E-state index in [1.807, 2.05) is 0 Å². The smallest absolute Gasteiger partial charge is 0.119 e. The minimum Gasteiger partial charge on any atom is -0.494 e. The number of ether oxygens (including phenoxy) is 1. The number of hydrogen-bond acceptors (Lipinski definition) is 3. The SMILES string of the molecule is CCC(C)C(=NCC1CCNC1)Nc1ccc(CCCCOc2cccc(C(C)(C)C)c2)cc1C. The molecule has 0 spiro atoms. The molecule has 0 amide bonds. The lowest BCUT2D eigenvalue weighted by molar-refractivity contribution is 0.306. The van der Waals surface area contributed by atoms with E-state index in [-0.39, 0.29) is 5.41 Å². The van der Waals surface area contributed by atoms with Crippen molar-refractivity contribution in [2.45, 2.75) is 79.1 Å². The van der Waals surface area contributed by atoms with Gasteiger partial charge in [-0.1, -0.05) is 58.9 Å². The number of benzene rings is 2. The normalized spacial score (nSPS) is 17.4. The van der Waals surface area contributed by atoms with Crippen molar-refractivity contribution in [3.63, 3.8) is 0 Å².